The molecule has 0 radical (unpaired) electrons. The third-order valence-electron chi connectivity index (χ3n) is 4.13. The van der Waals surface area contributed by atoms with E-state index in [2.05, 4.69) is 10.5 Å². The molecule has 0 aliphatic rings. The Morgan fingerprint density at radius 3 is 2.37 bits per heavy atom. The van der Waals surface area contributed by atoms with Gasteiger partial charge in [-0.2, -0.15) is 5.10 Å². The van der Waals surface area contributed by atoms with Crippen LogP contribution < -0.4 is 14.9 Å². The number of anilines is 1. The average Bonchev–Trinajstić information content (AvgIpc) is 2.74. The number of rotatable bonds is 8. The molecule has 0 heterocycles. The van der Waals surface area contributed by atoms with Crippen molar-refractivity contribution >= 4 is 40.8 Å². The van der Waals surface area contributed by atoms with Crippen molar-refractivity contribution in [2.45, 2.75) is 6.61 Å². The molecular weight excluding hydrogens is 429 g/mol. The van der Waals surface area contributed by atoms with Gasteiger partial charge >= 0.3 is 0 Å². The summed E-state index contributed by atoms with van der Waals surface area (Å²) in [7, 11) is 1.54. The topological polar surface area (TPSA) is 86.0 Å². The molecule has 7 nitrogen and oxygen atoms in total. The van der Waals surface area contributed by atoms with E-state index in [0.29, 0.717) is 38.4 Å². The summed E-state index contributed by atoms with van der Waals surface area (Å²) in [5.41, 5.74) is 4.76. The number of para-hydroxylation sites is 1. The third-order valence-corrected chi connectivity index (χ3v) is 4.84. The van der Waals surface area contributed by atoms with Gasteiger partial charge in [0.15, 0.2) is 11.5 Å². The Hall–Kier alpha value is -3.29. The fourth-order valence-corrected chi connectivity index (χ4v) is 3.10. The van der Waals surface area contributed by atoms with E-state index in [9.17, 15) is 10.1 Å². The molecule has 0 amide bonds. The lowest BCUT2D eigenvalue weighted by Crippen LogP contribution is -2.02. The number of nitrogens with zero attached hydrogens (tertiary/aromatic N) is 2. The summed E-state index contributed by atoms with van der Waals surface area (Å²) >= 11 is 12.4. The number of methoxy groups -OCH3 is 1. The summed E-state index contributed by atoms with van der Waals surface area (Å²) in [4.78, 5) is 10.3. The Bertz CT molecular complexity index is 1050. The van der Waals surface area contributed by atoms with Gasteiger partial charge in [-0.25, -0.2) is 0 Å². The van der Waals surface area contributed by atoms with Gasteiger partial charge in [0.25, 0.3) is 5.69 Å². The number of benzene rings is 3. The summed E-state index contributed by atoms with van der Waals surface area (Å²) in [5.74, 6) is 1.00. The van der Waals surface area contributed by atoms with Crippen LogP contribution in [0.1, 0.15) is 11.1 Å². The highest BCUT2D eigenvalue weighted by molar-refractivity contribution is 6.35. The number of nitro benzene ring substituents is 1. The van der Waals surface area contributed by atoms with Gasteiger partial charge in [0.2, 0.25) is 0 Å². The van der Waals surface area contributed by atoms with E-state index in [1.165, 1.54) is 12.1 Å². The molecule has 30 heavy (non-hydrogen) atoms. The molecule has 3 rings (SSSR count). The average molecular weight is 446 g/mol. The smallest absolute Gasteiger partial charge is 0.269 e. The Morgan fingerprint density at radius 2 is 1.73 bits per heavy atom. The van der Waals surface area contributed by atoms with Gasteiger partial charge < -0.3 is 9.47 Å². The molecule has 0 saturated carbocycles. The van der Waals surface area contributed by atoms with Crippen LogP contribution in [0.5, 0.6) is 11.5 Å². The van der Waals surface area contributed by atoms with Gasteiger partial charge in [0, 0.05) is 33.3 Å². The predicted octanol–water partition coefficient (Wildman–Crippen LogP) is 5.94. The number of nitro groups is 1. The molecule has 0 spiro atoms. The van der Waals surface area contributed by atoms with Gasteiger partial charge in [0.05, 0.1) is 23.9 Å². The van der Waals surface area contributed by atoms with Gasteiger partial charge in [0.1, 0.15) is 6.61 Å². The summed E-state index contributed by atoms with van der Waals surface area (Å²) in [6.07, 6.45) is 1.56. The van der Waals surface area contributed by atoms with Crippen LogP contribution in [0, 0.1) is 10.1 Å². The van der Waals surface area contributed by atoms with E-state index < -0.39 is 4.92 Å². The van der Waals surface area contributed by atoms with Gasteiger partial charge in [-0.15, -0.1) is 0 Å². The molecule has 9 heteroatoms. The lowest BCUT2D eigenvalue weighted by atomic mass is 10.2. The van der Waals surface area contributed by atoms with Crippen molar-refractivity contribution in [1.82, 2.24) is 0 Å². The summed E-state index contributed by atoms with van der Waals surface area (Å²) < 4.78 is 11.4. The zero-order chi connectivity index (χ0) is 21.5. The van der Waals surface area contributed by atoms with E-state index >= 15 is 0 Å². The number of hydrogen-bond donors (Lipinski definition) is 1. The summed E-state index contributed by atoms with van der Waals surface area (Å²) in [5, 5.41) is 15.9. The number of halogens is 2. The molecule has 3 aromatic rings. The van der Waals surface area contributed by atoms with Gasteiger partial charge in [-0.3, -0.25) is 15.5 Å². The van der Waals surface area contributed by atoms with E-state index in [-0.39, 0.29) is 12.3 Å². The Morgan fingerprint density at radius 1 is 1.07 bits per heavy atom. The molecule has 0 unspecified atom stereocenters. The maximum Gasteiger partial charge on any atom is 0.269 e. The monoisotopic (exact) mass is 445 g/mol. The van der Waals surface area contributed by atoms with Crippen molar-refractivity contribution in [1.29, 1.82) is 0 Å². The first-order chi connectivity index (χ1) is 14.5. The molecule has 0 bridgehead atoms. The molecule has 1 N–H and O–H groups in total. The van der Waals surface area contributed by atoms with Crippen molar-refractivity contribution in [3.8, 4) is 11.5 Å². The Balaban J connectivity index is 1.78. The van der Waals surface area contributed by atoms with Crippen molar-refractivity contribution < 1.29 is 14.4 Å². The van der Waals surface area contributed by atoms with Crippen molar-refractivity contribution in [3.05, 3.63) is 92.0 Å². The maximum absolute atomic E-state index is 10.7. The second-order valence-corrected chi connectivity index (χ2v) is 6.86. The molecule has 154 valence electrons. The molecule has 3 aromatic carbocycles. The number of hydrogen-bond acceptors (Lipinski definition) is 6. The first-order valence-corrected chi connectivity index (χ1v) is 9.51. The van der Waals surface area contributed by atoms with Gasteiger partial charge in [-0.05, 0) is 36.4 Å². The second-order valence-electron chi connectivity index (χ2n) is 6.04. The highest BCUT2D eigenvalue weighted by atomic mass is 35.5. The SMILES string of the molecule is COc1cccc(C=NNc2ccc([N+](=O)[O-])cc2)c1OCc1c(Cl)cccc1Cl. The Labute approximate surface area is 183 Å². The first-order valence-electron chi connectivity index (χ1n) is 8.76. The highest BCUT2D eigenvalue weighted by Gasteiger charge is 2.12. The van der Waals surface area contributed by atoms with Crippen molar-refractivity contribution in [3.63, 3.8) is 0 Å². The minimum atomic E-state index is -0.460. The van der Waals surface area contributed by atoms with Crippen LogP contribution in [-0.2, 0) is 6.61 Å². The number of non-ortho nitro benzene ring substituents is 1. The van der Waals surface area contributed by atoms with E-state index in [4.69, 9.17) is 32.7 Å². The second kappa shape index (κ2) is 9.96. The fraction of sp³-hybridized carbons (Fsp3) is 0.0952. The third kappa shape index (κ3) is 5.20. The molecule has 0 atom stereocenters. The van der Waals surface area contributed by atoms with Crippen molar-refractivity contribution in [2.24, 2.45) is 5.10 Å². The minimum Gasteiger partial charge on any atom is -0.493 e. The summed E-state index contributed by atoms with van der Waals surface area (Å²) in [6, 6.07) is 16.6. The first kappa shape index (κ1) is 21.4. The van der Waals surface area contributed by atoms with E-state index in [0.717, 1.165) is 0 Å². The molecule has 0 aromatic heterocycles. The number of ether oxygens (including phenoxy) is 2. The van der Waals surface area contributed by atoms with Crippen LogP contribution >= 0.6 is 23.2 Å². The van der Waals surface area contributed by atoms with Crippen LogP contribution in [0.4, 0.5) is 11.4 Å². The Kier molecular flexibility index (Phi) is 7.11. The fourth-order valence-electron chi connectivity index (χ4n) is 2.60. The van der Waals surface area contributed by atoms with E-state index in [1.54, 1.807) is 55.8 Å². The van der Waals surface area contributed by atoms with Crippen LogP contribution in [0.25, 0.3) is 0 Å². The summed E-state index contributed by atoms with van der Waals surface area (Å²) in [6.45, 7) is 0.148. The van der Waals surface area contributed by atoms with E-state index in [1.807, 2.05) is 6.07 Å². The van der Waals surface area contributed by atoms with Crippen LogP contribution in [0.15, 0.2) is 65.8 Å². The minimum absolute atomic E-state index is 0.00578. The highest BCUT2D eigenvalue weighted by Crippen LogP contribution is 2.33. The molecular formula is C21H17Cl2N3O4. The number of hydrazone groups is 1. The quantitative estimate of drug-likeness (QED) is 0.263. The van der Waals surface area contributed by atoms with Crippen LogP contribution in [0.2, 0.25) is 10.0 Å². The molecule has 0 aliphatic heterocycles. The largest absolute Gasteiger partial charge is 0.493 e. The molecule has 0 fully saturated rings. The standard InChI is InChI=1S/C21H17Cl2N3O4/c1-29-20-7-2-4-14(12-24-25-15-8-10-16(11-9-15)26(27)28)21(20)30-13-17-18(22)5-3-6-19(17)23/h2-12,25H,13H2,1H3. The number of nitrogens with one attached hydrogen (secondary N) is 1. The predicted molar refractivity (Wildman–Crippen MR) is 118 cm³/mol. The zero-order valence-corrected chi connectivity index (χ0v) is 17.4. The lowest BCUT2D eigenvalue weighted by molar-refractivity contribution is -0.384. The normalized spacial score (nSPS) is 10.8. The maximum atomic E-state index is 10.7. The lowest BCUT2D eigenvalue weighted by Gasteiger charge is -2.14. The van der Waals surface area contributed by atoms with Crippen molar-refractivity contribution in [2.75, 3.05) is 12.5 Å². The van der Waals surface area contributed by atoms with Crippen LogP contribution in [0.3, 0.4) is 0 Å². The van der Waals surface area contributed by atoms with Crippen LogP contribution in [-0.4, -0.2) is 18.2 Å². The molecule has 0 aliphatic carbocycles. The zero-order valence-electron chi connectivity index (χ0n) is 15.8. The molecule has 0 saturated heterocycles. The van der Waals surface area contributed by atoms with Gasteiger partial charge in [-0.1, -0.05) is 35.3 Å².